The molecule has 0 saturated carbocycles. The van der Waals surface area contributed by atoms with Crippen molar-refractivity contribution >= 4 is 16.9 Å². The molecule has 108 valence electrons. The summed E-state index contributed by atoms with van der Waals surface area (Å²) in [6.07, 6.45) is 2.00. The molecule has 0 aliphatic carbocycles. The molecule has 0 aliphatic heterocycles. The van der Waals surface area contributed by atoms with Crippen LogP contribution >= 0.6 is 0 Å². The topological polar surface area (TPSA) is 87.4 Å². The van der Waals surface area contributed by atoms with Gasteiger partial charge >= 0.3 is 0 Å². The predicted molar refractivity (Wildman–Crippen MR) is 75.1 cm³/mol. The van der Waals surface area contributed by atoms with E-state index < -0.39 is 5.60 Å². The average Bonchev–Trinajstić information content (AvgIpc) is 2.86. The number of aromatic nitrogens is 2. The molecule has 1 heterocycles. The van der Waals surface area contributed by atoms with E-state index >= 15 is 0 Å². The van der Waals surface area contributed by atoms with Crippen molar-refractivity contribution in [2.45, 2.75) is 25.5 Å². The number of carbonyl (C=O) groups is 1. The van der Waals surface area contributed by atoms with E-state index in [1.165, 1.54) is 6.92 Å². The van der Waals surface area contributed by atoms with Crippen molar-refractivity contribution in [3.05, 3.63) is 30.6 Å². The first-order valence-electron chi connectivity index (χ1n) is 6.52. The minimum absolute atomic E-state index is 0.0347. The third-order valence-electron chi connectivity index (χ3n) is 3.11. The van der Waals surface area contributed by atoms with E-state index in [0.717, 1.165) is 11.0 Å². The molecular formula is C14H19N3O3. The summed E-state index contributed by atoms with van der Waals surface area (Å²) in [6, 6.07) is 7.73. The molecule has 6 heteroatoms. The zero-order valence-electron chi connectivity index (χ0n) is 11.4. The first kappa shape index (κ1) is 14.5. The molecule has 0 aliphatic rings. The van der Waals surface area contributed by atoms with Crippen molar-refractivity contribution < 1.29 is 15.0 Å². The second-order valence-electron chi connectivity index (χ2n) is 5.11. The first-order valence-corrected chi connectivity index (χ1v) is 6.52. The highest BCUT2D eigenvalue weighted by molar-refractivity contribution is 5.77. The summed E-state index contributed by atoms with van der Waals surface area (Å²) in [5.74, 6) is -0.170. The summed E-state index contributed by atoms with van der Waals surface area (Å²) in [6.45, 7) is 1.64. The van der Waals surface area contributed by atoms with Crippen molar-refractivity contribution in [2.24, 2.45) is 0 Å². The summed E-state index contributed by atoms with van der Waals surface area (Å²) < 4.78 is 1.92. The van der Waals surface area contributed by atoms with Crippen LogP contribution in [0.3, 0.4) is 0 Å². The molecule has 0 saturated heterocycles. The van der Waals surface area contributed by atoms with Gasteiger partial charge in [0.2, 0.25) is 5.91 Å². The number of fused-ring (bicyclic) bond motifs is 1. The molecule has 20 heavy (non-hydrogen) atoms. The molecular weight excluding hydrogens is 258 g/mol. The molecule has 2 rings (SSSR count). The Labute approximate surface area is 117 Å². The smallest absolute Gasteiger partial charge is 0.221 e. The fourth-order valence-corrected chi connectivity index (χ4v) is 1.84. The van der Waals surface area contributed by atoms with Crippen molar-refractivity contribution in [1.29, 1.82) is 0 Å². The van der Waals surface area contributed by atoms with Gasteiger partial charge in [-0.15, -0.1) is 0 Å². The standard InChI is InChI=1S/C14H19N3O3/c1-14(20,9-18)8-15-13(19)6-7-17-10-16-11-4-2-3-5-12(11)17/h2-5,10,18,20H,6-9H2,1H3,(H,15,19). The fraction of sp³-hybridized carbons (Fsp3) is 0.429. The third kappa shape index (κ3) is 3.55. The molecule has 0 radical (unpaired) electrons. The Kier molecular flexibility index (Phi) is 4.36. The van der Waals surface area contributed by atoms with Crippen molar-refractivity contribution in [3.63, 3.8) is 0 Å². The number of aliphatic hydroxyl groups is 2. The van der Waals surface area contributed by atoms with Crippen LogP contribution in [-0.2, 0) is 11.3 Å². The lowest BCUT2D eigenvalue weighted by Gasteiger charge is -2.20. The van der Waals surface area contributed by atoms with Gasteiger partial charge in [-0.05, 0) is 19.1 Å². The van der Waals surface area contributed by atoms with Gasteiger partial charge in [0.1, 0.15) is 5.60 Å². The van der Waals surface area contributed by atoms with Gasteiger partial charge in [0, 0.05) is 19.5 Å². The third-order valence-corrected chi connectivity index (χ3v) is 3.11. The van der Waals surface area contributed by atoms with Gasteiger partial charge in [-0.25, -0.2) is 4.98 Å². The van der Waals surface area contributed by atoms with Gasteiger partial charge < -0.3 is 20.1 Å². The lowest BCUT2D eigenvalue weighted by atomic mass is 10.1. The number of hydrogen-bond donors (Lipinski definition) is 3. The summed E-state index contributed by atoms with van der Waals surface area (Å²) in [7, 11) is 0. The molecule has 2 aromatic rings. The SMILES string of the molecule is CC(O)(CO)CNC(=O)CCn1cnc2ccccc21. The van der Waals surface area contributed by atoms with Crippen LogP contribution in [0.2, 0.25) is 0 Å². The quantitative estimate of drug-likeness (QED) is 0.708. The summed E-state index contributed by atoms with van der Waals surface area (Å²) >= 11 is 0. The van der Waals surface area contributed by atoms with Crippen molar-refractivity contribution in [3.8, 4) is 0 Å². The Bertz CT molecular complexity index is 592. The number of rotatable bonds is 6. The second-order valence-corrected chi connectivity index (χ2v) is 5.11. The van der Waals surface area contributed by atoms with Gasteiger partial charge in [-0.2, -0.15) is 0 Å². The summed E-state index contributed by atoms with van der Waals surface area (Å²) in [5, 5.41) is 21.1. The number of nitrogens with one attached hydrogen (secondary N) is 1. The minimum atomic E-state index is -1.28. The highest BCUT2D eigenvalue weighted by Crippen LogP contribution is 2.12. The Morgan fingerprint density at radius 2 is 2.20 bits per heavy atom. The van der Waals surface area contributed by atoms with Gasteiger partial charge in [0.05, 0.1) is 24.0 Å². The largest absolute Gasteiger partial charge is 0.393 e. The van der Waals surface area contributed by atoms with E-state index in [9.17, 15) is 9.90 Å². The predicted octanol–water partition coefficient (Wildman–Crippen LogP) is 0.286. The molecule has 0 bridgehead atoms. The number of imidazole rings is 1. The van der Waals surface area contributed by atoms with E-state index in [1.54, 1.807) is 6.33 Å². The lowest BCUT2D eigenvalue weighted by Crippen LogP contribution is -2.43. The van der Waals surface area contributed by atoms with Crippen LogP contribution in [0.5, 0.6) is 0 Å². The van der Waals surface area contributed by atoms with E-state index in [2.05, 4.69) is 10.3 Å². The van der Waals surface area contributed by atoms with E-state index in [0.29, 0.717) is 13.0 Å². The van der Waals surface area contributed by atoms with Gasteiger partial charge in [0.15, 0.2) is 0 Å². The zero-order chi connectivity index (χ0) is 14.6. The Morgan fingerprint density at radius 1 is 1.45 bits per heavy atom. The molecule has 6 nitrogen and oxygen atoms in total. The second kappa shape index (κ2) is 6.02. The van der Waals surface area contributed by atoms with Crippen molar-refractivity contribution in [2.75, 3.05) is 13.2 Å². The van der Waals surface area contributed by atoms with Gasteiger partial charge in [0.25, 0.3) is 0 Å². The maximum absolute atomic E-state index is 11.7. The summed E-state index contributed by atoms with van der Waals surface area (Å²) in [4.78, 5) is 16.0. The Hall–Kier alpha value is -1.92. The maximum Gasteiger partial charge on any atom is 0.221 e. The number of para-hydroxylation sites is 2. The van der Waals surface area contributed by atoms with Crippen LogP contribution in [0, 0.1) is 0 Å². The number of amides is 1. The fourth-order valence-electron chi connectivity index (χ4n) is 1.84. The average molecular weight is 277 g/mol. The maximum atomic E-state index is 11.7. The van der Waals surface area contributed by atoms with Crippen molar-refractivity contribution in [1.82, 2.24) is 14.9 Å². The van der Waals surface area contributed by atoms with Crippen LogP contribution in [-0.4, -0.2) is 44.4 Å². The van der Waals surface area contributed by atoms with E-state index in [4.69, 9.17) is 5.11 Å². The molecule has 1 aromatic heterocycles. The van der Waals surface area contributed by atoms with E-state index in [1.807, 2.05) is 28.8 Å². The first-order chi connectivity index (χ1) is 9.52. The zero-order valence-corrected chi connectivity index (χ0v) is 11.4. The normalized spacial score (nSPS) is 14.2. The number of hydrogen-bond acceptors (Lipinski definition) is 4. The number of aliphatic hydroxyl groups excluding tert-OH is 1. The minimum Gasteiger partial charge on any atom is -0.393 e. The van der Waals surface area contributed by atoms with Gasteiger partial charge in [-0.1, -0.05) is 12.1 Å². The van der Waals surface area contributed by atoms with Crippen LogP contribution < -0.4 is 5.32 Å². The molecule has 0 fully saturated rings. The summed E-state index contributed by atoms with van der Waals surface area (Å²) in [5.41, 5.74) is 0.607. The molecule has 0 spiro atoms. The van der Waals surface area contributed by atoms with Crippen LogP contribution in [0.4, 0.5) is 0 Å². The number of carbonyl (C=O) groups excluding carboxylic acids is 1. The lowest BCUT2D eigenvalue weighted by molar-refractivity contribution is -0.122. The monoisotopic (exact) mass is 277 g/mol. The number of nitrogens with zero attached hydrogens (tertiary/aromatic N) is 2. The molecule has 1 atom stereocenters. The highest BCUT2D eigenvalue weighted by Gasteiger charge is 2.19. The number of aryl methyl sites for hydroxylation is 1. The molecule has 1 unspecified atom stereocenters. The van der Waals surface area contributed by atoms with E-state index in [-0.39, 0.29) is 19.1 Å². The molecule has 3 N–H and O–H groups in total. The molecule has 1 aromatic carbocycles. The Balaban J connectivity index is 1.87. The highest BCUT2D eigenvalue weighted by atomic mass is 16.3. The van der Waals surface area contributed by atoms with Gasteiger partial charge in [-0.3, -0.25) is 4.79 Å². The molecule has 1 amide bonds. The van der Waals surface area contributed by atoms with Crippen LogP contribution in [0.25, 0.3) is 11.0 Å². The van der Waals surface area contributed by atoms with Crippen LogP contribution in [0.1, 0.15) is 13.3 Å². The Morgan fingerprint density at radius 3 is 2.95 bits per heavy atom. The number of benzene rings is 1. The van der Waals surface area contributed by atoms with Crippen LogP contribution in [0.15, 0.2) is 30.6 Å².